The Morgan fingerprint density at radius 3 is 2.45 bits per heavy atom. The fraction of sp³-hybridized carbons (Fsp3) is 0.0833. The van der Waals surface area contributed by atoms with Crippen molar-refractivity contribution in [1.82, 2.24) is 9.78 Å². The van der Waals surface area contributed by atoms with E-state index in [1.165, 1.54) is 16.8 Å². The van der Waals surface area contributed by atoms with E-state index < -0.39 is 11.5 Å². The molecule has 0 saturated heterocycles. The first-order chi connectivity index (χ1) is 15.9. The van der Waals surface area contributed by atoms with Crippen LogP contribution in [0.5, 0.6) is 11.5 Å². The number of H-pyrrole nitrogens is 1. The van der Waals surface area contributed by atoms with Crippen LogP contribution in [0.3, 0.4) is 0 Å². The standard InChI is InChI=1S/C24H20N4O5/c1-14-21(23(30)28(27-14)17-9-11-18(33-2)12-10-17)26-25-20-8-4-7-19(22(20)29)15-5-3-6-16(13-15)24(31)32/h3-13,27,29H,1-2H3,(H,31,32). The van der Waals surface area contributed by atoms with E-state index in [2.05, 4.69) is 15.3 Å². The third kappa shape index (κ3) is 4.24. The van der Waals surface area contributed by atoms with Crippen molar-refractivity contribution in [2.75, 3.05) is 7.11 Å². The summed E-state index contributed by atoms with van der Waals surface area (Å²) in [6.07, 6.45) is 0. The lowest BCUT2D eigenvalue weighted by Crippen LogP contribution is -2.13. The van der Waals surface area contributed by atoms with Crippen LogP contribution < -0.4 is 10.3 Å². The van der Waals surface area contributed by atoms with Gasteiger partial charge in [-0.3, -0.25) is 9.89 Å². The van der Waals surface area contributed by atoms with Gasteiger partial charge >= 0.3 is 5.97 Å². The number of carbonyl (C=O) groups is 1. The van der Waals surface area contributed by atoms with Gasteiger partial charge in [0.1, 0.15) is 11.4 Å². The Morgan fingerprint density at radius 2 is 1.76 bits per heavy atom. The van der Waals surface area contributed by atoms with Crippen molar-refractivity contribution >= 4 is 17.3 Å². The second kappa shape index (κ2) is 8.83. The summed E-state index contributed by atoms with van der Waals surface area (Å²) in [5.74, 6) is -0.574. The van der Waals surface area contributed by atoms with Crippen LogP contribution in [0.4, 0.5) is 11.4 Å². The number of methoxy groups -OCH3 is 1. The molecule has 0 bridgehead atoms. The zero-order valence-electron chi connectivity index (χ0n) is 17.8. The molecule has 3 aromatic carbocycles. The third-order valence-corrected chi connectivity index (χ3v) is 5.06. The van der Waals surface area contributed by atoms with Gasteiger partial charge in [-0.2, -0.15) is 0 Å². The molecule has 1 aromatic heterocycles. The van der Waals surface area contributed by atoms with Crippen LogP contribution in [0.1, 0.15) is 16.1 Å². The monoisotopic (exact) mass is 444 g/mol. The Bertz CT molecular complexity index is 1420. The van der Waals surface area contributed by atoms with Gasteiger partial charge in [-0.25, -0.2) is 9.48 Å². The normalized spacial score (nSPS) is 11.1. The molecule has 0 unspecified atom stereocenters. The molecule has 0 saturated carbocycles. The molecule has 0 aliphatic rings. The number of phenolic OH excluding ortho intramolecular Hbond substituents is 1. The van der Waals surface area contributed by atoms with Gasteiger partial charge in [0.15, 0.2) is 11.4 Å². The molecular formula is C24H20N4O5. The molecule has 0 aliphatic carbocycles. The number of aromatic hydroxyl groups is 1. The van der Waals surface area contributed by atoms with Gasteiger partial charge in [0.25, 0.3) is 5.56 Å². The predicted molar refractivity (Wildman–Crippen MR) is 122 cm³/mol. The highest BCUT2D eigenvalue weighted by Gasteiger charge is 2.14. The van der Waals surface area contributed by atoms with E-state index in [0.717, 1.165) is 0 Å². The lowest BCUT2D eigenvalue weighted by molar-refractivity contribution is 0.0697. The molecule has 3 N–H and O–H groups in total. The number of phenols is 1. The Kier molecular flexibility index (Phi) is 5.77. The zero-order chi connectivity index (χ0) is 23.5. The molecule has 4 aromatic rings. The molecule has 0 radical (unpaired) electrons. The lowest BCUT2D eigenvalue weighted by Gasteiger charge is -2.07. The van der Waals surface area contributed by atoms with Crippen LogP contribution in [-0.4, -0.2) is 33.1 Å². The Balaban J connectivity index is 1.68. The molecule has 0 fully saturated rings. The largest absolute Gasteiger partial charge is 0.505 e. The summed E-state index contributed by atoms with van der Waals surface area (Å²) >= 11 is 0. The highest BCUT2D eigenvalue weighted by atomic mass is 16.5. The van der Waals surface area contributed by atoms with Crippen LogP contribution >= 0.6 is 0 Å². The first kappa shape index (κ1) is 21.6. The molecule has 9 nitrogen and oxygen atoms in total. The van der Waals surface area contributed by atoms with Crippen LogP contribution in [0.15, 0.2) is 81.8 Å². The summed E-state index contributed by atoms with van der Waals surface area (Å²) in [6.45, 7) is 1.70. The van der Waals surface area contributed by atoms with Gasteiger partial charge in [0, 0.05) is 5.56 Å². The molecule has 1 heterocycles. The van der Waals surface area contributed by atoms with Crippen molar-refractivity contribution in [1.29, 1.82) is 0 Å². The van der Waals surface area contributed by atoms with Crippen molar-refractivity contribution in [2.24, 2.45) is 10.2 Å². The second-order valence-corrected chi connectivity index (χ2v) is 7.18. The number of carboxylic acid groups (broad SMARTS) is 1. The number of carboxylic acids is 1. The molecule has 0 atom stereocenters. The number of benzene rings is 3. The number of nitrogens with zero attached hydrogens (tertiary/aromatic N) is 3. The fourth-order valence-corrected chi connectivity index (χ4v) is 3.34. The first-order valence-corrected chi connectivity index (χ1v) is 9.92. The number of rotatable bonds is 6. The number of para-hydroxylation sites is 1. The number of aromatic nitrogens is 2. The van der Waals surface area contributed by atoms with Crippen molar-refractivity contribution in [3.8, 4) is 28.3 Å². The van der Waals surface area contributed by atoms with Gasteiger partial charge < -0.3 is 14.9 Å². The van der Waals surface area contributed by atoms with E-state index >= 15 is 0 Å². The van der Waals surface area contributed by atoms with Crippen LogP contribution in [-0.2, 0) is 0 Å². The minimum Gasteiger partial charge on any atom is -0.505 e. The van der Waals surface area contributed by atoms with Crippen LogP contribution in [0.2, 0.25) is 0 Å². The van der Waals surface area contributed by atoms with Crippen LogP contribution in [0.25, 0.3) is 16.8 Å². The summed E-state index contributed by atoms with van der Waals surface area (Å²) in [6, 6.07) is 18.0. The van der Waals surface area contributed by atoms with Gasteiger partial charge in [0.05, 0.1) is 24.1 Å². The summed E-state index contributed by atoms with van der Waals surface area (Å²) in [5.41, 5.74) is 1.97. The highest BCUT2D eigenvalue weighted by Crippen LogP contribution is 2.38. The highest BCUT2D eigenvalue weighted by molar-refractivity contribution is 5.90. The predicted octanol–water partition coefficient (Wildman–Crippen LogP) is 4.97. The average molecular weight is 444 g/mol. The Hall–Kier alpha value is -4.66. The van der Waals surface area contributed by atoms with E-state index in [-0.39, 0.29) is 22.7 Å². The minimum atomic E-state index is -1.07. The van der Waals surface area contributed by atoms with Crippen molar-refractivity contribution in [3.05, 3.63) is 88.3 Å². The van der Waals surface area contributed by atoms with Crippen molar-refractivity contribution < 1.29 is 19.7 Å². The topological polar surface area (TPSA) is 129 Å². The summed E-state index contributed by atoms with van der Waals surface area (Å²) in [4.78, 5) is 24.1. The summed E-state index contributed by atoms with van der Waals surface area (Å²) in [5, 5.41) is 31.1. The van der Waals surface area contributed by atoms with E-state index in [4.69, 9.17) is 4.74 Å². The van der Waals surface area contributed by atoms with Crippen molar-refractivity contribution in [2.45, 2.75) is 6.92 Å². The number of nitrogens with one attached hydrogen (secondary N) is 1. The Morgan fingerprint density at radius 1 is 1.03 bits per heavy atom. The van der Waals surface area contributed by atoms with Gasteiger partial charge in [-0.1, -0.05) is 24.3 Å². The SMILES string of the molecule is COc1ccc(-n2[nH]c(C)c(N=Nc3cccc(-c4cccc(C(=O)O)c4)c3O)c2=O)cc1. The lowest BCUT2D eigenvalue weighted by atomic mass is 10.0. The average Bonchev–Trinajstić information content (AvgIpc) is 3.11. The molecular weight excluding hydrogens is 424 g/mol. The molecule has 4 rings (SSSR count). The molecule has 166 valence electrons. The second-order valence-electron chi connectivity index (χ2n) is 7.18. The maximum Gasteiger partial charge on any atom is 0.335 e. The van der Waals surface area contributed by atoms with E-state index in [1.54, 1.807) is 68.6 Å². The smallest absolute Gasteiger partial charge is 0.335 e. The third-order valence-electron chi connectivity index (χ3n) is 5.06. The molecule has 33 heavy (non-hydrogen) atoms. The molecule has 0 spiro atoms. The number of aromatic amines is 1. The van der Waals surface area contributed by atoms with Gasteiger partial charge in [-0.05, 0) is 55.0 Å². The number of hydrogen-bond donors (Lipinski definition) is 3. The summed E-state index contributed by atoms with van der Waals surface area (Å²) in [7, 11) is 1.56. The van der Waals surface area contributed by atoms with Gasteiger partial charge in [0.2, 0.25) is 0 Å². The van der Waals surface area contributed by atoms with E-state index in [0.29, 0.717) is 28.3 Å². The maximum atomic E-state index is 12.9. The quantitative estimate of drug-likeness (QED) is 0.362. The Labute approximate surface area is 188 Å². The number of hydrogen-bond acceptors (Lipinski definition) is 6. The number of aryl methyl sites for hydroxylation is 1. The molecule has 0 aliphatic heterocycles. The van der Waals surface area contributed by atoms with E-state index in [9.17, 15) is 19.8 Å². The summed E-state index contributed by atoms with van der Waals surface area (Å²) < 4.78 is 6.48. The maximum absolute atomic E-state index is 12.9. The van der Waals surface area contributed by atoms with Crippen molar-refractivity contribution in [3.63, 3.8) is 0 Å². The molecule has 9 heteroatoms. The zero-order valence-corrected chi connectivity index (χ0v) is 17.8. The minimum absolute atomic E-state index is 0.0981. The van der Waals surface area contributed by atoms with Gasteiger partial charge in [-0.15, -0.1) is 10.2 Å². The first-order valence-electron chi connectivity index (χ1n) is 9.92. The van der Waals surface area contributed by atoms with E-state index in [1.807, 2.05) is 0 Å². The number of azo groups is 1. The van der Waals surface area contributed by atoms with Crippen LogP contribution in [0, 0.1) is 6.92 Å². The molecule has 0 amide bonds. The number of aromatic carboxylic acids is 1. The number of ether oxygens (including phenoxy) is 1. The fourth-order valence-electron chi connectivity index (χ4n) is 3.34.